The molecule has 0 unspecified atom stereocenters. The standard InChI is InChI=1S/C13H15BrO4/c1-17-11-8(3-4-9(14)12(11)18-2)13(5-6-13)7-10(15)16/h3-4H,5-7H2,1-2H3,(H,15,16). The number of rotatable bonds is 5. The summed E-state index contributed by atoms with van der Waals surface area (Å²) in [5, 5.41) is 9.01. The highest BCUT2D eigenvalue weighted by atomic mass is 79.9. The average Bonchev–Trinajstić information content (AvgIpc) is 3.08. The van der Waals surface area contributed by atoms with E-state index in [2.05, 4.69) is 15.9 Å². The molecule has 18 heavy (non-hydrogen) atoms. The Morgan fingerprint density at radius 3 is 2.39 bits per heavy atom. The molecule has 5 heteroatoms. The van der Waals surface area contributed by atoms with Crippen LogP contribution < -0.4 is 9.47 Å². The molecule has 0 aromatic heterocycles. The zero-order valence-corrected chi connectivity index (χ0v) is 11.9. The van der Waals surface area contributed by atoms with E-state index in [1.54, 1.807) is 14.2 Å². The van der Waals surface area contributed by atoms with Gasteiger partial charge in [0.2, 0.25) is 0 Å². The number of ether oxygens (including phenoxy) is 2. The summed E-state index contributed by atoms with van der Waals surface area (Å²) >= 11 is 3.40. The first-order chi connectivity index (χ1) is 8.54. The van der Waals surface area contributed by atoms with Gasteiger partial charge in [-0.1, -0.05) is 6.07 Å². The maximum Gasteiger partial charge on any atom is 0.304 e. The lowest BCUT2D eigenvalue weighted by Gasteiger charge is -2.20. The SMILES string of the molecule is COc1c(Br)ccc(C2(CC(=O)O)CC2)c1OC. The summed E-state index contributed by atoms with van der Waals surface area (Å²) in [6, 6.07) is 3.79. The Morgan fingerprint density at radius 1 is 1.33 bits per heavy atom. The van der Waals surface area contributed by atoms with E-state index in [0.717, 1.165) is 22.9 Å². The smallest absolute Gasteiger partial charge is 0.304 e. The topological polar surface area (TPSA) is 55.8 Å². The van der Waals surface area contributed by atoms with Gasteiger partial charge in [-0.15, -0.1) is 0 Å². The fourth-order valence-corrected chi connectivity index (χ4v) is 2.80. The first-order valence-corrected chi connectivity index (χ1v) is 6.46. The van der Waals surface area contributed by atoms with Gasteiger partial charge in [0, 0.05) is 11.0 Å². The second kappa shape index (κ2) is 4.80. The summed E-state index contributed by atoms with van der Waals surface area (Å²) in [4.78, 5) is 11.0. The lowest BCUT2D eigenvalue weighted by molar-refractivity contribution is -0.137. The van der Waals surface area contributed by atoms with Crippen LogP contribution in [0.15, 0.2) is 16.6 Å². The Labute approximate surface area is 114 Å². The van der Waals surface area contributed by atoms with Gasteiger partial charge in [0.1, 0.15) is 0 Å². The van der Waals surface area contributed by atoms with Crippen molar-refractivity contribution in [1.29, 1.82) is 0 Å². The lowest BCUT2D eigenvalue weighted by Crippen LogP contribution is -2.14. The maximum atomic E-state index is 11.0. The van der Waals surface area contributed by atoms with Crippen molar-refractivity contribution < 1.29 is 19.4 Å². The molecule has 0 amide bonds. The van der Waals surface area contributed by atoms with Crippen LogP contribution in [0.2, 0.25) is 0 Å². The van der Waals surface area contributed by atoms with Crippen molar-refractivity contribution in [3.63, 3.8) is 0 Å². The van der Waals surface area contributed by atoms with Gasteiger partial charge in [-0.2, -0.15) is 0 Å². The third-order valence-corrected chi connectivity index (χ3v) is 4.01. The number of hydrogen-bond donors (Lipinski definition) is 1. The molecule has 98 valence electrons. The van der Waals surface area contributed by atoms with Gasteiger partial charge >= 0.3 is 5.97 Å². The molecule has 4 nitrogen and oxygen atoms in total. The zero-order valence-electron chi connectivity index (χ0n) is 10.3. The van der Waals surface area contributed by atoms with Crippen molar-refractivity contribution in [1.82, 2.24) is 0 Å². The van der Waals surface area contributed by atoms with Crippen LogP contribution in [0.1, 0.15) is 24.8 Å². The van der Waals surface area contributed by atoms with Gasteiger partial charge in [0.05, 0.1) is 25.1 Å². The Kier molecular flexibility index (Phi) is 3.52. The molecule has 0 saturated heterocycles. The van der Waals surface area contributed by atoms with Gasteiger partial charge in [0.25, 0.3) is 0 Å². The molecule has 0 bridgehead atoms. The van der Waals surface area contributed by atoms with Crippen LogP contribution >= 0.6 is 15.9 Å². The fourth-order valence-electron chi connectivity index (χ4n) is 2.33. The molecule has 1 N–H and O–H groups in total. The predicted octanol–water partition coefficient (Wildman–Crippen LogP) is 2.97. The quantitative estimate of drug-likeness (QED) is 0.907. The Bertz CT molecular complexity index is 480. The van der Waals surface area contributed by atoms with Crippen LogP contribution in [0.4, 0.5) is 0 Å². The summed E-state index contributed by atoms with van der Waals surface area (Å²) in [5.41, 5.74) is 0.637. The Morgan fingerprint density at radius 2 is 1.94 bits per heavy atom. The summed E-state index contributed by atoms with van der Waals surface area (Å²) in [7, 11) is 3.15. The molecular formula is C13H15BrO4. The molecule has 0 aliphatic heterocycles. The van der Waals surface area contributed by atoms with E-state index >= 15 is 0 Å². The van der Waals surface area contributed by atoms with E-state index in [1.165, 1.54) is 0 Å². The van der Waals surface area contributed by atoms with Crippen molar-refractivity contribution in [2.75, 3.05) is 14.2 Å². The summed E-state index contributed by atoms with van der Waals surface area (Å²) < 4.78 is 11.5. The third kappa shape index (κ3) is 2.19. The number of halogens is 1. The number of hydrogen-bond acceptors (Lipinski definition) is 3. The maximum absolute atomic E-state index is 11.0. The monoisotopic (exact) mass is 314 g/mol. The fraction of sp³-hybridized carbons (Fsp3) is 0.462. The van der Waals surface area contributed by atoms with E-state index in [0.29, 0.717) is 11.5 Å². The van der Waals surface area contributed by atoms with Crippen LogP contribution in [0, 0.1) is 0 Å². The molecule has 1 aliphatic carbocycles. The summed E-state index contributed by atoms with van der Waals surface area (Å²) in [6.07, 6.45) is 1.88. The number of carboxylic acid groups (broad SMARTS) is 1. The van der Waals surface area contributed by atoms with Crippen molar-refractivity contribution in [3.05, 3.63) is 22.2 Å². The van der Waals surface area contributed by atoms with Crippen molar-refractivity contribution >= 4 is 21.9 Å². The Hall–Kier alpha value is -1.23. The highest BCUT2D eigenvalue weighted by molar-refractivity contribution is 9.10. The Balaban J connectivity index is 2.48. The minimum atomic E-state index is -0.781. The largest absolute Gasteiger partial charge is 0.493 e. The molecule has 0 heterocycles. The highest BCUT2D eigenvalue weighted by Crippen LogP contribution is 2.56. The van der Waals surface area contributed by atoms with E-state index in [-0.39, 0.29) is 11.8 Å². The second-order valence-corrected chi connectivity index (χ2v) is 5.37. The molecule has 1 aromatic rings. The molecule has 1 aliphatic rings. The van der Waals surface area contributed by atoms with Gasteiger partial charge in [-0.25, -0.2) is 0 Å². The van der Waals surface area contributed by atoms with Crippen molar-refractivity contribution in [2.45, 2.75) is 24.7 Å². The van der Waals surface area contributed by atoms with Gasteiger partial charge in [-0.05, 0) is 34.8 Å². The van der Waals surface area contributed by atoms with Crippen molar-refractivity contribution in [2.24, 2.45) is 0 Å². The van der Waals surface area contributed by atoms with Crippen molar-refractivity contribution in [3.8, 4) is 11.5 Å². The van der Waals surface area contributed by atoms with E-state index < -0.39 is 5.97 Å². The van der Waals surface area contributed by atoms with Gasteiger partial charge < -0.3 is 14.6 Å². The van der Waals surface area contributed by atoms with E-state index in [1.807, 2.05) is 12.1 Å². The van der Waals surface area contributed by atoms with Crippen LogP contribution in [0.25, 0.3) is 0 Å². The molecule has 1 aromatic carbocycles. The predicted molar refractivity (Wildman–Crippen MR) is 70.4 cm³/mol. The average molecular weight is 315 g/mol. The minimum Gasteiger partial charge on any atom is -0.493 e. The van der Waals surface area contributed by atoms with Gasteiger partial charge in [0.15, 0.2) is 11.5 Å². The lowest BCUT2D eigenvalue weighted by atomic mass is 9.91. The third-order valence-electron chi connectivity index (χ3n) is 3.39. The van der Waals surface area contributed by atoms with Crippen LogP contribution in [0.3, 0.4) is 0 Å². The summed E-state index contributed by atoms with van der Waals surface area (Å²) in [6.45, 7) is 0. The molecule has 0 radical (unpaired) electrons. The number of aliphatic carboxylic acids is 1. The van der Waals surface area contributed by atoms with Crippen LogP contribution in [-0.4, -0.2) is 25.3 Å². The number of carboxylic acids is 1. The first-order valence-electron chi connectivity index (χ1n) is 5.67. The molecule has 0 spiro atoms. The molecule has 0 atom stereocenters. The number of methoxy groups -OCH3 is 2. The first kappa shape index (κ1) is 13.2. The molecule has 1 fully saturated rings. The zero-order chi connectivity index (χ0) is 13.3. The minimum absolute atomic E-state index is 0.133. The van der Waals surface area contributed by atoms with E-state index in [4.69, 9.17) is 14.6 Å². The highest BCUT2D eigenvalue weighted by Gasteiger charge is 2.48. The van der Waals surface area contributed by atoms with Gasteiger partial charge in [-0.3, -0.25) is 4.79 Å². The summed E-state index contributed by atoms with van der Waals surface area (Å²) in [5.74, 6) is 0.466. The van der Waals surface area contributed by atoms with E-state index in [9.17, 15) is 4.79 Å². The van der Waals surface area contributed by atoms with Crippen LogP contribution in [-0.2, 0) is 10.2 Å². The molecule has 2 rings (SSSR count). The number of carbonyl (C=O) groups is 1. The molecular weight excluding hydrogens is 300 g/mol. The van der Waals surface area contributed by atoms with Crippen LogP contribution in [0.5, 0.6) is 11.5 Å². The second-order valence-electron chi connectivity index (χ2n) is 4.51. The normalized spacial score (nSPS) is 16.2. The molecule has 1 saturated carbocycles. The number of benzene rings is 1.